The number of hydrogen-bond acceptors (Lipinski definition) is 3. The molecule has 0 fully saturated rings. The summed E-state index contributed by atoms with van der Waals surface area (Å²) in [6, 6.07) is 18.6. The SMILES string of the molecule is CCCCCCCCCCCCOc1ccc2ccccc2c1N=Nc1cccc(C)c1C. The minimum atomic E-state index is 0.723. The fraction of sp³-hybridized carbons (Fsp3) is 0.467. The van der Waals surface area contributed by atoms with Gasteiger partial charge in [-0.3, -0.25) is 0 Å². The van der Waals surface area contributed by atoms with E-state index >= 15 is 0 Å². The molecule has 0 spiro atoms. The zero-order valence-electron chi connectivity index (χ0n) is 20.8. The van der Waals surface area contributed by atoms with Crippen LogP contribution >= 0.6 is 0 Å². The second kappa shape index (κ2) is 13.8. The van der Waals surface area contributed by atoms with Crippen molar-refractivity contribution in [3.8, 4) is 5.75 Å². The van der Waals surface area contributed by atoms with Gasteiger partial charge in [0.1, 0.15) is 11.4 Å². The number of ether oxygens (including phenoxy) is 1. The molecule has 3 nitrogen and oxygen atoms in total. The van der Waals surface area contributed by atoms with E-state index in [9.17, 15) is 0 Å². The molecule has 0 atom stereocenters. The highest BCUT2D eigenvalue weighted by atomic mass is 16.5. The monoisotopic (exact) mass is 444 g/mol. The Morgan fingerprint density at radius 1 is 0.667 bits per heavy atom. The van der Waals surface area contributed by atoms with Gasteiger partial charge in [0.25, 0.3) is 0 Å². The summed E-state index contributed by atoms with van der Waals surface area (Å²) in [5.74, 6) is 0.818. The molecule has 0 bridgehead atoms. The minimum absolute atomic E-state index is 0.723. The van der Waals surface area contributed by atoms with Crippen molar-refractivity contribution in [1.29, 1.82) is 0 Å². The predicted octanol–water partition coefficient (Wildman–Crippen LogP) is 10.2. The Balaban J connectivity index is 1.57. The van der Waals surface area contributed by atoms with Gasteiger partial charge in [-0.15, -0.1) is 5.11 Å². The number of nitrogens with zero attached hydrogens (tertiary/aromatic N) is 2. The number of hydrogen-bond donors (Lipinski definition) is 0. The van der Waals surface area contributed by atoms with Gasteiger partial charge in [-0.1, -0.05) is 107 Å². The Hall–Kier alpha value is -2.68. The van der Waals surface area contributed by atoms with Gasteiger partial charge in [0.2, 0.25) is 0 Å². The summed E-state index contributed by atoms with van der Waals surface area (Å²) in [5.41, 5.74) is 4.11. The first-order chi connectivity index (χ1) is 16.2. The lowest BCUT2D eigenvalue weighted by Crippen LogP contribution is -1.98. The Bertz CT molecular complexity index is 1020. The molecule has 0 aliphatic rings. The number of aryl methyl sites for hydroxylation is 1. The van der Waals surface area contributed by atoms with Crippen molar-refractivity contribution >= 4 is 22.1 Å². The van der Waals surface area contributed by atoms with Crippen LogP contribution in [0.25, 0.3) is 10.8 Å². The normalized spacial score (nSPS) is 11.5. The molecule has 0 aliphatic carbocycles. The lowest BCUT2D eigenvalue weighted by molar-refractivity contribution is 0.305. The third-order valence-electron chi connectivity index (χ3n) is 6.45. The number of unbranched alkanes of at least 4 members (excludes halogenated alkanes) is 9. The fourth-order valence-electron chi connectivity index (χ4n) is 4.17. The average Bonchev–Trinajstić information content (AvgIpc) is 2.84. The standard InChI is InChI=1S/C30H40N2O/c1-4-5-6-7-8-9-10-11-12-15-23-33-29-22-21-26-18-13-14-19-27(26)30(29)32-31-28-20-16-17-24(2)25(28)3/h13-14,16-22H,4-12,15,23H2,1-3H3. The van der Waals surface area contributed by atoms with E-state index in [1.54, 1.807) is 0 Å². The second-order valence-electron chi connectivity index (χ2n) is 9.08. The molecule has 3 aromatic carbocycles. The maximum atomic E-state index is 6.21. The van der Waals surface area contributed by atoms with Crippen LogP contribution < -0.4 is 4.74 Å². The largest absolute Gasteiger partial charge is 0.491 e. The van der Waals surface area contributed by atoms with Crippen LogP contribution in [0, 0.1) is 13.8 Å². The van der Waals surface area contributed by atoms with Crippen molar-refractivity contribution in [2.75, 3.05) is 6.61 Å². The Labute approximate surface area is 200 Å². The lowest BCUT2D eigenvalue weighted by atomic mass is 10.1. The quantitative estimate of drug-likeness (QED) is 0.180. The van der Waals surface area contributed by atoms with E-state index in [4.69, 9.17) is 4.74 Å². The number of fused-ring (bicyclic) bond motifs is 1. The van der Waals surface area contributed by atoms with Crippen LogP contribution in [-0.2, 0) is 0 Å². The molecule has 33 heavy (non-hydrogen) atoms. The zero-order chi connectivity index (χ0) is 23.3. The fourth-order valence-corrected chi connectivity index (χ4v) is 4.17. The molecule has 176 valence electrons. The van der Waals surface area contributed by atoms with Crippen LogP contribution in [0.1, 0.15) is 82.3 Å². The van der Waals surface area contributed by atoms with E-state index in [1.165, 1.54) is 63.4 Å². The molecule has 0 saturated carbocycles. The Kier molecular flexibility index (Phi) is 10.4. The van der Waals surface area contributed by atoms with Gasteiger partial charge >= 0.3 is 0 Å². The first-order valence-corrected chi connectivity index (χ1v) is 12.8. The number of benzene rings is 3. The Morgan fingerprint density at radius 3 is 2.12 bits per heavy atom. The van der Waals surface area contributed by atoms with Crippen molar-refractivity contribution in [2.45, 2.75) is 85.0 Å². The van der Waals surface area contributed by atoms with E-state index in [1.807, 2.05) is 24.3 Å². The highest BCUT2D eigenvalue weighted by Crippen LogP contribution is 2.37. The van der Waals surface area contributed by atoms with Crippen LogP contribution in [0.4, 0.5) is 11.4 Å². The number of azo groups is 1. The van der Waals surface area contributed by atoms with Gasteiger partial charge in [0.15, 0.2) is 0 Å². The maximum absolute atomic E-state index is 6.21. The second-order valence-corrected chi connectivity index (χ2v) is 9.08. The molecular weight excluding hydrogens is 404 g/mol. The first kappa shape index (κ1) is 25.0. The highest BCUT2D eigenvalue weighted by molar-refractivity contribution is 5.95. The van der Waals surface area contributed by atoms with Gasteiger partial charge < -0.3 is 4.74 Å². The van der Waals surface area contributed by atoms with Gasteiger partial charge in [-0.25, -0.2) is 0 Å². The molecule has 0 aromatic heterocycles. The van der Waals surface area contributed by atoms with Crippen molar-refractivity contribution < 1.29 is 4.74 Å². The van der Waals surface area contributed by atoms with Crippen molar-refractivity contribution in [1.82, 2.24) is 0 Å². The Morgan fingerprint density at radius 2 is 1.36 bits per heavy atom. The molecule has 0 radical (unpaired) electrons. The predicted molar refractivity (Wildman–Crippen MR) is 141 cm³/mol. The first-order valence-electron chi connectivity index (χ1n) is 12.8. The summed E-state index contributed by atoms with van der Waals surface area (Å²) in [6.07, 6.45) is 13.2. The van der Waals surface area contributed by atoms with Crippen LogP contribution in [0.5, 0.6) is 5.75 Å². The van der Waals surface area contributed by atoms with Crippen molar-refractivity contribution in [3.63, 3.8) is 0 Å². The van der Waals surface area contributed by atoms with Gasteiger partial charge in [-0.05, 0) is 48.9 Å². The molecule has 0 N–H and O–H groups in total. The van der Waals surface area contributed by atoms with E-state index in [-0.39, 0.29) is 0 Å². The van der Waals surface area contributed by atoms with Gasteiger partial charge in [0.05, 0.1) is 12.3 Å². The molecule has 0 heterocycles. The smallest absolute Gasteiger partial charge is 0.147 e. The summed E-state index contributed by atoms with van der Waals surface area (Å²) in [6.45, 7) is 7.19. The lowest BCUT2D eigenvalue weighted by Gasteiger charge is -2.11. The molecular formula is C30H40N2O. The van der Waals surface area contributed by atoms with Crippen molar-refractivity contribution in [3.05, 3.63) is 65.7 Å². The van der Waals surface area contributed by atoms with Crippen LogP contribution in [0.15, 0.2) is 64.8 Å². The molecule has 3 heteroatoms. The molecule has 0 unspecified atom stereocenters. The zero-order valence-corrected chi connectivity index (χ0v) is 20.8. The molecule has 0 saturated heterocycles. The van der Waals surface area contributed by atoms with Gasteiger partial charge in [0, 0.05) is 5.39 Å². The highest BCUT2D eigenvalue weighted by Gasteiger charge is 2.09. The molecule has 0 amide bonds. The van der Waals surface area contributed by atoms with Crippen LogP contribution in [0.2, 0.25) is 0 Å². The minimum Gasteiger partial charge on any atom is -0.491 e. The van der Waals surface area contributed by atoms with E-state index < -0.39 is 0 Å². The average molecular weight is 445 g/mol. The molecule has 3 aromatic rings. The van der Waals surface area contributed by atoms with Crippen LogP contribution in [0.3, 0.4) is 0 Å². The summed E-state index contributed by atoms with van der Waals surface area (Å²) in [7, 11) is 0. The summed E-state index contributed by atoms with van der Waals surface area (Å²) < 4.78 is 6.21. The van der Waals surface area contributed by atoms with E-state index in [0.29, 0.717) is 0 Å². The topological polar surface area (TPSA) is 34.0 Å². The third-order valence-corrected chi connectivity index (χ3v) is 6.45. The number of rotatable bonds is 14. The molecule has 3 rings (SSSR count). The van der Waals surface area contributed by atoms with Crippen LogP contribution in [-0.4, -0.2) is 6.61 Å². The van der Waals surface area contributed by atoms with E-state index in [0.717, 1.165) is 46.5 Å². The summed E-state index contributed by atoms with van der Waals surface area (Å²) in [4.78, 5) is 0. The maximum Gasteiger partial charge on any atom is 0.147 e. The molecule has 0 aliphatic heterocycles. The van der Waals surface area contributed by atoms with Crippen molar-refractivity contribution in [2.24, 2.45) is 10.2 Å². The van der Waals surface area contributed by atoms with E-state index in [2.05, 4.69) is 61.3 Å². The van der Waals surface area contributed by atoms with Gasteiger partial charge in [-0.2, -0.15) is 5.11 Å². The summed E-state index contributed by atoms with van der Waals surface area (Å²) in [5, 5.41) is 11.5. The third kappa shape index (κ3) is 7.70. The summed E-state index contributed by atoms with van der Waals surface area (Å²) >= 11 is 0.